The summed E-state index contributed by atoms with van der Waals surface area (Å²) in [6.45, 7) is 0.871. The van der Waals surface area contributed by atoms with Crippen molar-refractivity contribution in [1.29, 1.82) is 0 Å². The van der Waals surface area contributed by atoms with Crippen molar-refractivity contribution < 1.29 is 9.84 Å². The highest BCUT2D eigenvalue weighted by Crippen LogP contribution is 2.19. The Labute approximate surface area is 94.9 Å². The SMILES string of the molecule is OC(Cc1ccsc1)CC1CCCCO1. The Bertz CT molecular complexity index is 265. The van der Waals surface area contributed by atoms with Crippen LogP contribution >= 0.6 is 11.3 Å². The summed E-state index contributed by atoms with van der Waals surface area (Å²) < 4.78 is 5.61. The average molecular weight is 226 g/mol. The van der Waals surface area contributed by atoms with Gasteiger partial charge >= 0.3 is 0 Å². The Morgan fingerprint density at radius 1 is 1.53 bits per heavy atom. The maximum Gasteiger partial charge on any atom is 0.0605 e. The van der Waals surface area contributed by atoms with Gasteiger partial charge in [0.25, 0.3) is 0 Å². The van der Waals surface area contributed by atoms with Crippen LogP contribution in [0.1, 0.15) is 31.2 Å². The molecule has 1 saturated heterocycles. The van der Waals surface area contributed by atoms with E-state index in [4.69, 9.17) is 4.74 Å². The summed E-state index contributed by atoms with van der Waals surface area (Å²) in [6, 6.07) is 2.08. The van der Waals surface area contributed by atoms with E-state index in [0.29, 0.717) is 0 Å². The molecule has 2 atom stereocenters. The van der Waals surface area contributed by atoms with Crippen LogP contribution in [0.3, 0.4) is 0 Å². The van der Waals surface area contributed by atoms with Crippen molar-refractivity contribution >= 4 is 11.3 Å². The minimum absolute atomic E-state index is 0.248. The zero-order valence-corrected chi connectivity index (χ0v) is 9.71. The zero-order valence-electron chi connectivity index (χ0n) is 8.89. The molecule has 1 aromatic heterocycles. The normalized spacial score (nSPS) is 23.9. The lowest BCUT2D eigenvalue weighted by Gasteiger charge is -2.24. The number of hydrogen-bond acceptors (Lipinski definition) is 3. The van der Waals surface area contributed by atoms with Crippen LogP contribution in [0, 0.1) is 0 Å². The second-order valence-corrected chi connectivity index (χ2v) is 4.99. The summed E-state index contributed by atoms with van der Waals surface area (Å²) in [6.07, 6.45) is 5.13. The Balaban J connectivity index is 1.74. The minimum atomic E-state index is -0.248. The maximum atomic E-state index is 9.90. The van der Waals surface area contributed by atoms with E-state index in [1.807, 2.05) is 0 Å². The number of aliphatic hydroxyl groups is 1. The summed E-state index contributed by atoms with van der Waals surface area (Å²) in [5, 5.41) is 14.1. The number of hydrogen-bond donors (Lipinski definition) is 1. The van der Waals surface area contributed by atoms with E-state index in [1.165, 1.54) is 18.4 Å². The molecule has 0 saturated carbocycles. The van der Waals surface area contributed by atoms with Gasteiger partial charge in [-0.2, -0.15) is 11.3 Å². The predicted molar refractivity (Wildman–Crippen MR) is 62.2 cm³/mol. The van der Waals surface area contributed by atoms with E-state index >= 15 is 0 Å². The van der Waals surface area contributed by atoms with Crippen LogP contribution < -0.4 is 0 Å². The molecule has 1 aromatic rings. The van der Waals surface area contributed by atoms with E-state index in [0.717, 1.165) is 25.9 Å². The van der Waals surface area contributed by atoms with Crippen LogP contribution in [-0.4, -0.2) is 23.9 Å². The highest BCUT2D eigenvalue weighted by molar-refractivity contribution is 7.07. The van der Waals surface area contributed by atoms with Crippen LogP contribution in [0.2, 0.25) is 0 Å². The molecule has 2 heterocycles. The van der Waals surface area contributed by atoms with Crippen LogP contribution in [0.15, 0.2) is 16.8 Å². The monoisotopic (exact) mass is 226 g/mol. The van der Waals surface area contributed by atoms with Gasteiger partial charge < -0.3 is 9.84 Å². The third-order valence-corrected chi connectivity index (χ3v) is 3.59. The van der Waals surface area contributed by atoms with Crippen molar-refractivity contribution in [1.82, 2.24) is 0 Å². The fourth-order valence-electron chi connectivity index (χ4n) is 2.06. The molecule has 0 aliphatic carbocycles. The van der Waals surface area contributed by atoms with Gasteiger partial charge in [0.05, 0.1) is 12.2 Å². The quantitative estimate of drug-likeness (QED) is 0.855. The second kappa shape index (κ2) is 5.64. The highest BCUT2D eigenvalue weighted by Gasteiger charge is 2.18. The molecule has 0 amide bonds. The van der Waals surface area contributed by atoms with Crippen LogP contribution in [0.5, 0.6) is 0 Å². The molecule has 2 rings (SSSR count). The smallest absolute Gasteiger partial charge is 0.0605 e. The van der Waals surface area contributed by atoms with Crippen LogP contribution in [-0.2, 0) is 11.2 Å². The first kappa shape index (κ1) is 11.1. The Morgan fingerprint density at radius 2 is 2.47 bits per heavy atom. The van der Waals surface area contributed by atoms with Crippen LogP contribution in [0.4, 0.5) is 0 Å². The van der Waals surface area contributed by atoms with E-state index < -0.39 is 0 Å². The molecular formula is C12H18O2S. The predicted octanol–water partition coefficient (Wildman–Crippen LogP) is 2.61. The van der Waals surface area contributed by atoms with Gasteiger partial charge in [-0.15, -0.1) is 0 Å². The topological polar surface area (TPSA) is 29.5 Å². The molecule has 2 nitrogen and oxygen atoms in total. The Kier molecular flexibility index (Phi) is 4.18. The number of ether oxygens (including phenoxy) is 1. The van der Waals surface area contributed by atoms with Crippen molar-refractivity contribution in [3.05, 3.63) is 22.4 Å². The standard InChI is InChI=1S/C12H18O2S/c13-11(7-10-4-6-15-9-10)8-12-3-1-2-5-14-12/h4,6,9,11-13H,1-3,5,7-8H2. The molecule has 1 aliphatic heterocycles. The fourth-order valence-corrected chi connectivity index (χ4v) is 2.74. The van der Waals surface area contributed by atoms with Gasteiger partial charge in [-0.25, -0.2) is 0 Å². The van der Waals surface area contributed by atoms with Gasteiger partial charge in [0, 0.05) is 6.61 Å². The van der Waals surface area contributed by atoms with E-state index in [9.17, 15) is 5.11 Å². The lowest BCUT2D eigenvalue weighted by molar-refractivity contribution is -0.0147. The largest absolute Gasteiger partial charge is 0.393 e. The first-order chi connectivity index (χ1) is 7.34. The third kappa shape index (κ3) is 3.59. The lowest BCUT2D eigenvalue weighted by Crippen LogP contribution is -2.25. The number of aliphatic hydroxyl groups excluding tert-OH is 1. The molecule has 1 N–H and O–H groups in total. The maximum absolute atomic E-state index is 9.90. The zero-order chi connectivity index (χ0) is 10.5. The molecule has 1 aliphatic rings. The number of thiophene rings is 1. The van der Waals surface area contributed by atoms with E-state index in [2.05, 4.69) is 16.8 Å². The molecule has 0 aromatic carbocycles. The number of rotatable bonds is 4. The van der Waals surface area contributed by atoms with Gasteiger partial charge in [-0.05, 0) is 54.5 Å². The van der Waals surface area contributed by atoms with Gasteiger partial charge in [-0.1, -0.05) is 0 Å². The molecule has 0 radical (unpaired) electrons. The molecule has 84 valence electrons. The van der Waals surface area contributed by atoms with Gasteiger partial charge in [0.1, 0.15) is 0 Å². The summed E-state index contributed by atoms with van der Waals surface area (Å²) in [5.74, 6) is 0. The second-order valence-electron chi connectivity index (χ2n) is 4.21. The van der Waals surface area contributed by atoms with Crippen molar-refractivity contribution in [2.75, 3.05) is 6.61 Å². The Morgan fingerprint density at radius 3 is 3.13 bits per heavy atom. The van der Waals surface area contributed by atoms with Crippen molar-refractivity contribution in [3.8, 4) is 0 Å². The summed E-state index contributed by atoms with van der Waals surface area (Å²) in [5.41, 5.74) is 1.24. The summed E-state index contributed by atoms with van der Waals surface area (Å²) in [7, 11) is 0. The van der Waals surface area contributed by atoms with E-state index in [-0.39, 0.29) is 12.2 Å². The molecule has 0 spiro atoms. The molecule has 0 bridgehead atoms. The van der Waals surface area contributed by atoms with Crippen molar-refractivity contribution in [2.45, 2.75) is 44.3 Å². The van der Waals surface area contributed by atoms with Crippen LogP contribution in [0.25, 0.3) is 0 Å². The molecule has 15 heavy (non-hydrogen) atoms. The average Bonchev–Trinajstić information content (AvgIpc) is 2.71. The first-order valence-corrected chi connectivity index (χ1v) is 6.59. The Hall–Kier alpha value is -0.380. The van der Waals surface area contributed by atoms with Gasteiger partial charge in [-0.3, -0.25) is 0 Å². The molecular weight excluding hydrogens is 208 g/mol. The highest BCUT2D eigenvalue weighted by atomic mass is 32.1. The van der Waals surface area contributed by atoms with Gasteiger partial charge in [0.2, 0.25) is 0 Å². The van der Waals surface area contributed by atoms with Crippen molar-refractivity contribution in [2.24, 2.45) is 0 Å². The molecule has 3 heteroatoms. The summed E-state index contributed by atoms with van der Waals surface area (Å²) in [4.78, 5) is 0. The lowest BCUT2D eigenvalue weighted by atomic mass is 10.00. The van der Waals surface area contributed by atoms with E-state index in [1.54, 1.807) is 11.3 Å². The summed E-state index contributed by atoms with van der Waals surface area (Å²) >= 11 is 1.69. The molecule has 2 unspecified atom stereocenters. The minimum Gasteiger partial charge on any atom is -0.393 e. The first-order valence-electron chi connectivity index (χ1n) is 5.65. The third-order valence-electron chi connectivity index (χ3n) is 2.86. The molecule has 1 fully saturated rings. The fraction of sp³-hybridized carbons (Fsp3) is 0.667. The van der Waals surface area contributed by atoms with Crippen molar-refractivity contribution in [3.63, 3.8) is 0 Å². The van der Waals surface area contributed by atoms with Gasteiger partial charge in [0.15, 0.2) is 0 Å².